The molecule has 284 valence electrons. The monoisotopic (exact) mass is 768 g/mol. The van der Waals surface area contributed by atoms with Crippen molar-refractivity contribution >= 4 is 43.2 Å². The number of carbonyl (C=O) groups is 2. The molecule has 0 aliphatic carbocycles. The predicted molar refractivity (Wildman–Crippen MR) is 201 cm³/mol. The Morgan fingerprint density at radius 3 is 1.34 bits per heavy atom. The zero-order chi connectivity index (χ0) is 38.9. The molecule has 4 aromatic carbocycles. The summed E-state index contributed by atoms with van der Waals surface area (Å²) < 4.78 is 78.7. The minimum Gasteiger partial charge on any atom is -0.493 e. The second-order valence-corrected chi connectivity index (χ2v) is 15.7. The van der Waals surface area contributed by atoms with E-state index in [9.17, 15) is 26.4 Å². The van der Waals surface area contributed by atoms with Crippen molar-refractivity contribution in [2.45, 2.75) is 36.6 Å². The van der Waals surface area contributed by atoms with Crippen LogP contribution in [0, 0.1) is 13.8 Å². The van der Waals surface area contributed by atoms with E-state index in [1.807, 2.05) is 13.8 Å². The Morgan fingerprint density at radius 1 is 0.585 bits per heavy atom. The lowest BCUT2D eigenvalue weighted by Crippen LogP contribution is -2.48. The summed E-state index contributed by atoms with van der Waals surface area (Å²) in [6.45, 7) is 4.08. The van der Waals surface area contributed by atoms with Crippen LogP contribution in [0.3, 0.4) is 0 Å². The van der Waals surface area contributed by atoms with Crippen molar-refractivity contribution in [2.75, 3.05) is 56.7 Å². The molecule has 4 rings (SSSR count). The summed E-state index contributed by atoms with van der Waals surface area (Å²) in [4.78, 5) is 26.4. The van der Waals surface area contributed by atoms with E-state index in [0.717, 1.165) is 19.7 Å². The van der Waals surface area contributed by atoms with Crippen LogP contribution in [0.1, 0.15) is 18.1 Å². The summed E-state index contributed by atoms with van der Waals surface area (Å²) in [6.07, 6.45) is 0. The van der Waals surface area contributed by atoms with E-state index >= 15 is 0 Å². The van der Waals surface area contributed by atoms with Crippen molar-refractivity contribution in [3.8, 4) is 23.0 Å². The minimum absolute atomic E-state index is 0.0876. The molecule has 0 spiro atoms. The van der Waals surface area contributed by atoms with Crippen molar-refractivity contribution < 1.29 is 45.4 Å². The third-order valence-electron chi connectivity index (χ3n) is 8.12. The van der Waals surface area contributed by atoms with Gasteiger partial charge in [-0.3, -0.25) is 18.2 Å². The van der Waals surface area contributed by atoms with Gasteiger partial charge in [-0.1, -0.05) is 35.4 Å². The van der Waals surface area contributed by atoms with Gasteiger partial charge < -0.3 is 29.6 Å². The van der Waals surface area contributed by atoms with Gasteiger partial charge in [0.05, 0.1) is 49.6 Å². The van der Waals surface area contributed by atoms with E-state index in [2.05, 4.69) is 10.6 Å². The van der Waals surface area contributed by atoms with Gasteiger partial charge >= 0.3 is 0 Å². The second-order valence-electron chi connectivity index (χ2n) is 12.0. The highest BCUT2D eigenvalue weighted by Crippen LogP contribution is 2.33. The molecule has 0 saturated heterocycles. The Bertz CT molecular complexity index is 2130. The zero-order valence-electron chi connectivity index (χ0n) is 30.6. The third kappa shape index (κ3) is 9.70. The van der Waals surface area contributed by atoms with Crippen molar-refractivity contribution in [1.29, 1.82) is 0 Å². The van der Waals surface area contributed by atoms with Crippen LogP contribution in [0.5, 0.6) is 23.0 Å². The second kappa shape index (κ2) is 17.4. The number of ether oxygens (including phenoxy) is 4. The molecule has 53 heavy (non-hydrogen) atoms. The Balaban J connectivity index is 1.49. The molecular weight excluding hydrogens is 725 g/mol. The number of sulfonamides is 2. The lowest BCUT2D eigenvalue weighted by atomic mass is 10.2. The van der Waals surface area contributed by atoms with Gasteiger partial charge in [0.25, 0.3) is 20.0 Å². The van der Waals surface area contributed by atoms with Gasteiger partial charge in [0.1, 0.15) is 13.1 Å². The van der Waals surface area contributed by atoms with Crippen LogP contribution in [0.4, 0.5) is 11.4 Å². The van der Waals surface area contributed by atoms with Gasteiger partial charge in [-0.15, -0.1) is 0 Å². The quantitative estimate of drug-likeness (QED) is 0.160. The van der Waals surface area contributed by atoms with Crippen LogP contribution >= 0.6 is 0 Å². The average molecular weight is 769 g/mol. The number of hydrogen-bond donors (Lipinski definition) is 2. The summed E-state index contributed by atoms with van der Waals surface area (Å²) in [5.41, 5.74) is 2.30. The van der Waals surface area contributed by atoms with Gasteiger partial charge in [0.2, 0.25) is 11.8 Å². The Labute approximate surface area is 310 Å². The van der Waals surface area contributed by atoms with Crippen molar-refractivity contribution in [3.05, 3.63) is 96.1 Å². The summed E-state index contributed by atoms with van der Waals surface area (Å²) in [6, 6.07) is 20.9. The first kappa shape index (κ1) is 40.3. The fourth-order valence-electron chi connectivity index (χ4n) is 5.22. The first-order valence-electron chi connectivity index (χ1n) is 16.3. The zero-order valence-corrected chi connectivity index (χ0v) is 32.2. The summed E-state index contributed by atoms with van der Waals surface area (Å²) in [5.74, 6) is -0.223. The molecule has 0 saturated carbocycles. The summed E-state index contributed by atoms with van der Waals surface area (Å²) in [7, 11) is -2.92. The van der Waals surface area contributed by atoms with Crippen LogP contribution in [0.25, 0.3) is 0 Å². The van der Waals surface area contributed by atoms with Crippen LogP contribution in [-0.2, 0) is 29.6 Å². The molecular formula is C37H44N4O10S2. The first-order chi connectivity index (χ1) is 25.1. The smallest absolute Gasteiger partial charge is 0.264 e. The van der Waals surface area contributed by atoms with E-state index in [1.54, 1.807) is 55.5 Å². The molecule has 2 N–H and O–H groups in total. The molecule has 4 aromatic rings. The topological polar surface area (TPSA) is 170 Å². The van der Waals surface area contributed by atoms with Gasteiger partial charge in [-0.05, 0) is 69.3 Å². The molecule has 0 aliphatic rings. The fraction of sp³-hybridized carbons (Fsp3) is 0.297. The Hall–Kier alpha value is -5.48. The number of aryl methyl sites for hydroxylation is 2. The number of nitrogens with zero attached hydrogens (tertiary/aromatic N) is 2. The van der Waals surface area contributed by atoms with Crippen molar-refractivity contribution in [3.63, 3.8) is 0 Å². The molecule has 1 atom stereocenters. The standard InChI is InChI=1S/C37H44N4O10S2/c1-25-8-12-28(13-9-25)40(52(44,45)30-16-18-32(48-4)34(20-30)50-6)23-36(42)38-22-27(3)39-37(43)24-41(29-14-10-26(2)11-15-29)53(46,47)31-17-19-33(49-5)35(21-31)51-7/h8-21,27H,22-24H2,1-7H3,(H,38,42)(H,39,43)/t27-/m1/s1. The maximum Gasteiger partial charge on any atom is 0.264 e. The normalized spacial score (nSPS) is 11.9. The highest BCUT2D eigenvalue weighted by molar-refractivity contribution is 7.93. The SMILES string of the molecule is COc1ccc(S(=O)(=O)N(CC(=O)NC[C@@H](C)NC(=O)CN(c2ccc(C)cc2)S(=O)(=O)c2ccc(OC)c(OC)c2)c2ccc(C)cc2)cc1OC. The molecule has 16 heteroatoms. The van der Waals surface area contributed by atoms with Crippen LogP contribution in [0.15, 0.2) is 94.7 Å². The molecule has 14 nitrogen and oxygen atoms in total. The number of rotatable bonds is 17. The van der Waals surface area contributed by atoms with Gasteiger partial charge in [-0.25, -0.2) is 16.8 Å². The number of carbonyl (C=O) groups excluding carboxylic acids is 2. The van der Waals surface area contributed by atoms with E-state index in [-0.39, 0.29) is 39.2 Å². The molecule has 0 aromatic heterocycles. The maximum absolute atomic E-state index is 13.9. The van der Waals surface area contributed by atoms with Crippen LogP contribution in [0.2, 0.25) is 0 Å². The molecule has 0 aliphatic heterocycles. The number of hydrogen-bond acceptors (Lipinski definition) is 10. The van der Waals surface area contributed by atoms with Gasteiger partial charge in [0, 0.05) is 24.7 Å². The number of benzene rings is 4. The number of nitrogens with one attached hydrogen (secondary N) is 2. The predicted octanol–water partition coefficient (Wildman–Crippen LogP) is 4.05. The summed E-state index contributed by atoms with van der Waals surface area (Å²) in [5, 5.41) is 5.39. The lowest BCUT2D eigenvalue weighted by molar-refractivity contribution is -0.122. The molecule has 0 heterocycles. The molecule has 0 fully saturated rings. The van der Waals surface area contributed by atoms with Crippen LogP contribution in [-0.4, -0.2) is 82.8 Å². The Morgan fingerprint density at radius 2 is 0.962 bits per heavy atom. The molecule has 0 unspecified atom stereocenters. The Kier molecular flexibility index (Phi) is 13.2. The largest absolute Gasteiger partial charge is 0.493 e. The van der Waals surface area contributed by atoms with Gasteiger partial charge in [-0.2, -0.15) is 0 Å². The number of methoxy groups -OCH3 is 4. The summed E-state index contributed by atoms with van der Waals surface area (Å²) >= 11 is 0. The van der Waals surface area contributed by atoms with E-state index < -0.39 is 51.0 Å². The van der Waals surface area contributed by atoms with E-state index in [1.165, 1.54) is 64.8 Å². The first-order valence-corrected chi connectivity index (χ1v) is 19.2. The van der Waals surface area contributed by atoms with Crippen molar-refractivity contribution in [1.82, 2.24) is 10.6 Å². The molecule has 0 radical (unpaired) electrons. The third-order valence-corrected chi connectivity index (χ3v) is 11.7. The maximum atomic E-state index is 13.9. The number of amides is 2. The molecule has 2 amide bonds. The minimum atomic E-state index is -4.28. The van der Waals surface area contributed by atoms with Crippen LogP contribution < -0.4 is 38.2 Å². The van der Waals surface area contributed by atoms with E-state index in [0.29, 0.717) is 11.5 Å². The highest BCUT2D eigenvalue weighted by Gasteiger charge is 2.30. The van der Waals surface area contributed by atoms with Crippen molar-refractivity contribution in [2.24, 2.45) is 0 Å². The highest BCUT2D eigenvalue weighted by atomic mass is 32.2. The average Bonchev–Trinajstić information content (AvgIpc) is 3.15. The lowest BCUT2D eigenvalue weighted by Gasteiger charge is -2.26. The molecule has 0 bridgehead atoms. The van der Waals surface area contributed by atoms with E-state index in [4.69, 9.17) is 18.9 Å². The van der Waals surface area contributed by atoms with Gasteiger partial charge in [0.15, 0.2) is 23.0 Å². The fourth-order valence-corrected chi connectivity index (χ4v) is 8.09. The number of anilines is 2.